The SMILES string of the molecule is Cc1ccc(NC2SC(=O)N(c3cccc(C)c3)C2=O)cc1. The second-order valence-corrected chi connectivity index (χ2v) is 6.34. The third-order valence-electron chi connectivity index (χ3n) is 3.46. The molecule has 0 aliphatic carbocycles. The summed E-state index contributed by atoms with van der Waals surface area (Å²) in [6.07, 6.45) is 0. The highest BCUT2D eigenvalue weighted by molar-refractivity contribution is 8.16. The molecule has 1 N–H and O–H groups in total. The van der Waals surface area contributed by atoms with E-state index in [1.165, 1.54) is 4.90 Å². The smallest absolute Gasteiger partial charge is 0.295 e. The van der Waals surface area contributed by atoms with E-state index in [0.29, 0.717) is 5.69 Å². The lowest BCUT2D eigenvalue weighted by molar-refractivity contribution is -0.116. The number of thioether (sulfide) groups is 1. The van der Waals surface area contributed by atoms with Crippen LogP contribution < -0.4 is 10.2 Å². The van der Waals surface area contributed by atoms with Gasteiger partial charge in [-0.3, -0.25) is 9.59 Å². The molecule has 5 heteroatoms. The van der Waals surface area contributed by atoms with E-state index in [2.05, 4.69) is 5.32 Å². The van der Waals surface area contributed by atoms with Crippen LogP contribution in [0.1, 0.15) is 11.1 Å². The van der Waals surface area contributed by atoms with Crippen LogP contribution >= 0.6 is 11.8 Å². The summed E-state index contributed by atoms with van der Waals surface area (Å²) in [5.74, 6) is -0.235. The topological polar surface area (TPSA) is 49.4 Å². The van der Waals surface area contributed by atoms with Gasteiger partial charge in [-0.1, -0.05) is 29.8 Å². The molecule has 2 aromatic rings. The van der Waals surface area contributed by atoms with Crippen LogP contribution in [0.15, 0.2) is 48.5 Å². The third-order valence-corrected chi connectivity index (χ3v) is 4.39. The fraction of sp³-hybridized carbons (Fsp3) is 0.176. The van der Waals surface area contributed by atoms with Gasteiger partial charge < -0.3 is 5.32 Å². The monoisotopic (exact) mass is 312 g/mol. The molecule has 3 rings (SSSR count). The maximum atomic E-state index is 12.5. The number of hydrogen-bond donors (Lipinski definition) is 1. The average Bonchev–Trinajstić information content (AvgIpc) is 2.76. The van der Waals surface area contributed by atoms with E-state index in [1.807, 2.05) is 56.3 Å². The van der Waals surface area contributed by atoms with Gasteiger partial charge in [-0.25, -0.2) is 4.90 Å². The first-order valence-corrected chi connectivity index (χ1v) is 7.87. The minimum atomic E-state index is -0.587. The molecule has 4 nitrogen and oxygen atoms in total. The van der Waals surface area contributed by atoms with Crippen LogP contribution in [0.3, 0.4) is 0 Å². The van der Waals surface area contributed by atoms with Gasteiger partial charge in [0.05, 0.1) is 5.69 Å². The quantitative estimate of drug-likeness (QED) is 0.932. The Morgan fingerprint density at radius 2 is 1.73 bits per heavy atom. The van der Waals surface area contributed by atoms with Gasteiger partial charge in [0.25, 0.3) is 11.1 Å². The zero-order chi connectivity index (χ0) is 15.7. The van der Waals surface area contributed by atoms with E-state index >= 15 is 0 Å². The zero-order valence-corrected chi connectivity index (χ0v) is 13.2. The van der Waals surface area contributed by atoms with Crippen LogP contribution in [0.25, 0.3) is 0 Å². The molecule has 1 atom stereocenters. The summed E-state index contributed by atoms with van der Waals surface area (Å²) in [6.45, 7) is 3.94. The maximum absolute atomic E-state index is 12.5. The predicted octanol–water partition coefficient (Wildman–Crippen LogP) is 3.94. The number of amides is 2. The molecule has 2 amide bonds. The van der Waals surface area contributed by atoms with Crippen molar-refractivity contribution >= 4 is 34.3 Å². The summed E-state index contributed by atoms with van der Waals surface area (Å²) in [4.78, 5) is 25.9. The Morgan fingerprint density at radius 1 is 1.00 bits per heavy atom. The molecular weight excluding hydrogens is 296 g/mol. The molecule has 0 bridgehead atoms. The number of carbonyl (C=O) groups is 2. The number of aryl methyl sites for hydroxylation is 2. The number of nitrogens with zero attached hydrogens (tertiary/aromatic N) is 1. The molecule has 1 aliphatic heterocycles. The van der Waals surface area contributed by atoms with E-state index in [9.17, 15) is 9.59 Å². The first-order valence-electron chi connectivity index (χ1n) is 6.99. The Kier molecular flexibility index (Phi) is 3.90. The Bertz CT molecular complexity index is 728. The first-order chi connectivity index (χ1) is 10.5. The van der Waals surface area contributed by atoms with Gasteiger partial charge in [-0.05, 0) is 55.4 Å². The fourth-order valence-corrected chi connectivity index (χ4v) is 3.21. The Hall–Kier alpha value is -2.27. The lowest BCUT2D eigenvalue weighted by Crippen LogP contribution is -2.34. The standard InChI is InChI=1S/C17H16N2O2S/c1-11-6-8-13(9-7-11)18-15-16(20)19(17(21)22-15)14-5-3-4-12(2)10-14/h3-10,15,18H,1-2H3. The number of hydrogen-bond acceptors (Lipinski definition) is 4. The number of nitrogens with one attached hydrogen (secondary N) is 1. The van der Waals surface area contributed by atoms with E-state index in [1.54, 1.807) is 6.07 Å². The van der Waals surface area contributed by atoms with Crippen molar-refractivity contribution < 1.29 is 9.59 Å². The highest BCUT2D eigenvalue weighted by Crippen LogP contribution is 2.32. The zero-order valence-electron chi connectivity index (χ0n) is 12.4. The van der Waals surface area contributed by atoms with Crippen molar-refractivity contribution in [3.63, 3.8) is 0 Å². The van der Waals surface area contributed by atoms with Crippen molar-refractivity contribution in [3.8, 4) is 0 Å². The first kappa shape index (κ1) is 14.7. The molecular formula is C17H16N2O2S. The van der Waals surface area contributed by atoms with Crippen molar-refractivity contribution in [1.82, 2.24) is 0 Å². The highest BCUT2D eigenvalue weighted by Gasteiger charge is 2.40. The van der Waals surface area contributed by atoms with Gasteiger partial charge in [0.1, 0.15) is 0 Å². The van der Waals surface area contributed by atoms with Gasteiger partial charge in [-0.15, -0.1) is 0 Å². The number of carbonyl (C=O) groups excluding carboxylic acids is 2. The van der Waals surface area contributed by atoms with E-state index in [0.717, 1.165) is 28.6 Å². The molecule has 22 heavy (non-hydrogen) atoms. The van der Waals surface area contributed by atoms with Crippen molar-refractivity contribution in [2.24, 2.45) is 0 Å². The molecule has 0 radical (unpaired) electrons. The summed E-state index contributed by atoms with van der Waals surface area (Å²) in [7, 11) is 0. The minimum absolute atomic E-state index is 0.235. The molecule has 112 valence electrons. The molecule has 1 heterocycles. The number of rotatable bonds is 3. The van der Waals surface area contributed by atoms with Gasteiger partial charge in [0.2, 0.25) is 0 Å². The fourth-order valence-electron chi connectivity index (χ4n) is 2.30. The second-order valence-electron chi connectivity index (χ2n) is 5.29. The lowest BCUT2D eigenvalue weighted by Gasteiger charge is -2.15. The molecule has 2 aromatic carbocycles. The summed E-state index contributed by atoms with van der Waals surface area (Å²) in [6, 6.07) is 15.1. The van der Waals surface area contributed by atoms with Gasteiger partial charge >= 0.3 is 0 Å². The van der Waals surface area contributed by atoms with Crippen LogP contribution in [0, 0.1) is 13.8 Å². The molecule has 1 fully saturated rings. The number of anilines is 2. The summed E-state index contributed by atoms with van der Waals surface area (Å²) < 4.78 is 0. The molecule has 1 aliphatic rings. The molecule has 0 aromatic heterocycles. The van der Waals surface area contributed by atoms with Gasteiger partial charge in [0, 0.05) is 5.69 Å². The van der Waals surface area contributed by atoms with Gasteiger partial charge in [-0.2, -0.15) is 0 Å². The van der Waals surface area contributed by atoms with Crippen LogP contribution in [-0.4, -0.2) is 16.5 Å². The Labute approximate surface area is 133 Å². The minimum Gasteiger partial charge on any atom is -0.365 e. The maximum Gasteiger partial charge on any atom is 0.295 e. The van der Waals surface area contributed by atoms with E-state index in [4.69, 9.17) is 0 Å². The summed E-state index contributed by atoms with van der Waals surface area (Å²) >= 11 is 1.01. The van der Waals surface area contributed by atoms with E-state index in [-0.39, 0.29) is 11.1 Å². The number of imide groups is 1. The van der Waals surface area contributed by atoms with E-state index < -0.39 is 5.37 Å². The largest absolute Gasteiger partial charge is 0.365 e. The normalized spacial score (nSPS) is 17.9. The van der Waals surface area contributed by atoms with Crippen molar-refractivity contribution in [2.45, 2.75) is 19.2 Å². The average molecular weight is 312 g/mol. The van der Waals surface area contributed by atoms with Crippen LogP contribution in [-0.2, 0) is 4.79 Å². The number of benzene rings is 2. The summed E-state index contributed by atoms with van der Waals surface area (Å²) in [5.41, 5.74) is 3.61. The predicted molar refractivity (Wildman–Crippen MR) is 90.2 cm³/mol. The Balaban J connectivity index is 1.81. The molecule has 0 saturated carbocycles. The van der Waals surface area contributed by atoms with Gasteiger partial charge in [0.15, 0.2) is 5.37 Å². The second kappa shape index (κ2) is 5.85. The van der Waals surface area contributed by atoms with Crippen LogP contribution in [0.2, 0.25) is 0 Å². The third kappa shape index (κ3) is 2.85. The van der Waals surface area contributed by atoms with Crippen LogP contribution in [0.5, 0.6) is 0 Å². The van der Waals surface area contributed by atoms with Crippen molar-refractivity contribution in [3.05, 3.63) is 59.7 Å². The Morgan fingerprint density at radius 3 is 2.41 bits per heavy atom. The highest BCUT2D eigenvalue weighted by atomic mass is 32.2. The van der Waals surface area contributed by atoms with Crippen molar-refractivity contribution in [2.75, 3.05) is 10.2 Å². The van der Waals surface area contributed by atoms with Crippen LogP contribution in [0.4, 0.5) is 16.2 Å². The van der Waals surface area contributed by atoms with Crippen molar-refractivity contribution in [1.29, 1.82) is 0 Å². The molecule has 0 spiro atoms. The lowest BCUT2D eigenvalue weighted by atomic mass is 10.2. The summed E-state index contributed by atoms with van der Waals surface area (Å²) in [5, 5.41) is 2.28. The molecule has 1 saturated heterocycles. The molecule has 1 unspecified atom stereocenters.